The molecule has 1 aliphatic rings. The van der Waals surface area contributed by atoms with Crippen LogP contribution in [0.25, 0.3) is 0 Å². The van der Waals surface area contributed by atoms with Crippen molar-refractivity contribution in [2.75, 3.05) is 13.1 Å². The molecule has 2 aromatic carbocycles. The summed E-state index contributed by atoms with van der Waals surface area (Å²) >= 11 is 0. The fourth-order valence-corrected chi connectivity index (χ4v) is 7.45. The molecule has 0 saturated carbocycles. The minimum Gasteiger partial charge on any atom is -0.468 e. The van der Waals surface area contributed by atoms with Crippen LogP contribution in [0.1, 0.15) is 56.4 Å². The van der Waals surface area contributed by atoms with Gasteiger partial charge in [0.15, 0.2) is 0 Å². The predicted octanol–water partition coefficient (Wildman–Crippen LogP) is 5.21. The second kappa shape index (κ2) is 10.9. The van der Waals surface area contributed by atoms with Gasteiger partial charge >= 0.3 is 0 Å². The summed E-state index contributed by atoms with van der Waals surface area (Å²) in [7, 11) is -7.60. The molecule has 2 heterocycles. The monoisotopic (exact) mass is 530 g/mol. The standard InChI is InChI=1S/C27H34N2O5S2/c1-21(2)24-10-8-23(9-11-24)19-29(20-25-7-5-17-34-25)36(32,33)27-14-12-26(13-15-27)35(30,31)28-16-4-6-22(3)18-28/h5,7-15,17,21-22H,4,6,16,18-20H2,1-3H3/t22-/m1/s1. The molecule has 1 fully saturated rings. The molecule has 4 rings (SSSR count). The molecule has 1 atom stereocenters. The quantitative estimate of drug-likeness (QED) is 0.379. The van der Waals surface area contributed by atoms with Crippen LogP contribution in [0.3, 0.4) is 0 Å². The summed E-state index contributed by atoms with van der Waals surface area (Å²) in [6.07, 6.45) is 3.35. The fraction of sp³-hybridized carbons (Fsp3) is 0.407. The number of nitrogens with zero attached hydrogens (tertiary/aromatic N) is 2. The topological polar surface area (TPSA) is 87.9 Å². The summed E-state index contributed by atoms with van der Waals surface area (Å²) in [4.78, 5) is 0.149. The van der Waals surface area contributed by atoms with Crippen LogP contribution in [-0.4, -0.2) is 38.5 Å². The first-order valence-corrected chi connectivity index (χ1v) is 15.2. The van der Waals surface area contributed by atoms with E-state index in [0.717, 1.165) is 18.4 Å². The molecule has 0 spiro atoms. The average molecular weight is 531 g/mol. The van der Waals surface area contributed by atoms with Gasteiger partial charge in [0.1, 0.15) is 5.76 Å². The molecule has 0 radical (unpaired) electrons. The van der Waals surface area contributed by atoms with E-state index in [2.05, 4.69) is 13.8 Å². The Kier molecular flexibility index (Phi) is 8.04. The number of furan rings is 1. The minimum absolute atomic E-state index is 0.0406. The molecule has 0 amide bonds. The summed E-state index contributed by atoms with van der Waals surface area (Å²) in [5, 5.41) is 0. The number of piperidine rings is 1. The van der Waals surface area contributed by atoms with E-state index in [-0.39, 0.29) is 22.9 Å². The molecule has 0 unspecified atom stereocenters. The highest BCUT2D eigenvalue weighted by molar-refractivity contribution is 7.89. The highest BCUT2D eigenvalue weighted by Gasteiger charge is 2.30. The lowest BCUT2D eigenvalue weighted by molar-refractivity contribution is 0.281. The van der Waals surface area contributed by atoms with E-state index in [0.29, 0.717) is 30.7 Å². The molecule has 36 heavy (non-hydrogen) atoms. The van der Waals surface area contributed by atoms with Gasteiger partial charge in [-0.05, 0) is 72.2 Å². The van der Waals surface area contributed by atoms with Gasteiger partial charge in [0.2, 0.25) is 20.0 Å². The maximum absolute atomic E-state index is 13.7. The van der Waals surface area contributed by atoms with Crippen molar-refractivity contribution in [2.45, 2.75) is 62.4 Å². The second-order valence-corrected chi connectivity index (χ2v) is 13.7. The van der Waals surface area contributed by atoms with E-state index in [1.165, 1.54) is 44.7 Å². The molecule has 1 saturated heterocycles. The zero-order valence-electron chi connectivity index (χ0n) is 21.0. The first-order valence-electron chi connectivity index (χ1n) is 12.3. The van der Waals surface area contributed by atoms with Gasteiger partial charge in [-0.15, -0.1) is 0 Å². The lowest BCUT2D eigenvalue weighted by Crippen LogP contribution is -2.39. The molecule has 194 valence electrons. The van der Waals surface area contributed by atoms with Crippen molar-refractivity contribution in [3.63, 3.8) is 0 Å². The number of hydrogen-bond acceptors (Lipinski definition) is 5. The van der Waals surface area contributed by atoms with E-state index in [9.17, 15) is 16.8 Å². The minimum atomic E-state index is -3.93. The molecular formula is C27H34N2O5S2. The fourth-order valence-electron chi connectivity index (χ4n) is 4.46. The Bertz CT molecular complexity index is 1350. The number of rotatable bonds is 9. The van der Waals surface area contributed by atoms with Crippen LogP contribution < -0.4 is 0 Å². The molecule has 3 aromatic rings. The first kappa shape index (κ1) is 26.6. The van der Waals surface area contributed by atoms with Gasteiger partial charge in [-0.2, -0.15) is 8.61 Å². The zero-order valence-corrected chi connectivity index (χ0v) is 22.6. The average Bonchev–Trinajstić information content (AvgIpc) is 3.37. The summed E-state index contributed by atoms with van der Waals surface area (Å²) in [6, 6.07) is 16.9. The lowest BCUT2D eigenvalue weighted by Gasteiger charge is -2.30. The lowest BCUT2D eigenvalue weighted by atomic mass is 10.0. The molecule has 0 N–H and O–H groups in total. The third kappa shape index (κ3) is 5.91. The van der Waals surface area contributed by atoms with Crippen molar-refractivity contribution >= 4 is 20.0 Å². The van der Waals surface area contributed by atoms with Crippen molar-refractivity contribution in [1.82, 2.24) is 8.61 Å². The molecule has 1 aliphatic heterocycles. The van der Waals surface area contributed by atoms with E-state index in [1.807, 2.05) is 31.2 Å². The number of benzene rings is 2. The SMILES string of the molecule is CC(C)c1ccc(CN(Cc2ccco2)S(=O)(=O)c2ccc(S(=O)(=O)N3CCC[C@@H](C)C3)cc2)cc1. The first-order chi connectivity index (χ1) is 17.1. The van der Waals surface area contributed by atoms with E-state index >= 15 is 0 Å². The molecular weight excluding hydrogens is 496 g/mol. The van der Waals surface area contributed by atoms with Crippen molar-refractivity contribution < 1.29 is 21.3 Å². The predicted molar refractivity (Wildman–Crippen MR) is 139 cm³/mol. The Labute approximate surface area is 214 Å². The maximum atomic E-state index is 13.7. The van der Waals surface area contributed by atoms with Gasteiger partial charge in [0.25, 0.3) is 0 Å². The van der Waals surface area contributed by atoms with Crippen molar-refractivity contribution in [3.05, 3.63) is 83.8 Å². The zero-order chi connectivity index (χ0) is 25.9. The molecule has 0 bridgehead atoms. The smallest absolute Gasteiger partial charge is 0.243 e. The summed E-state index contributed by atoms with van der Waals surface area (Å²) in [5.74, 6) is 1.21. The Morgan fingerprint density at radius 1 is 0.944 bits per heavy atom. The Morgan fingerprint density at radius 2 is 1.61 bits per heavy atom. The third-order valence-electron chi connectivity index (χ3n) is 6.64. The van der Waals surface area contributed by atoms with Gasteiger partial charge in [-0.3, -0.25) is 0 Å². The molecule has 7 nitrogen and oxygen atoms in total. The van der Waals surface area contributed by atoms with Gasteiger partial charge in [-0.25, -0.2) is 16.8 Å². The maximum Gasteiger partial charge on any atom is 0.243 e. The highest BCUT2D eigenvalue weighted by Crippen LogP contribution is 2.27. The van der Waals surface area contributed by atoms with Crippen LogP contribution in [0.5, 0.6) is 0 Å². The number of hydrogen-bond donors (Lipinski definition) is 0. The normalized spacial score (nSPS) is 17.6. The molecule has 9 heteroatoms. The summed E-state index contributed by atoms with van der Waals surface area (Å²) < 4.78 is 61.8. The van der Waals surface area contributed by atoms with E-state index in [4.69, 9.17) is 4.42 Å². The second-order valence-electron chi connectivity index (χ2n) is 9.83. The van der Waals surface area contributed by atoms with Crippen LogP contribution in [0.2, 0.25) is 0 Å². The Hall–Kier alpha value is -2.46. The molecule has 1 aromatic heterocycles. The van der Waals surface area contributed by atoms with Crippen molar-refractivity contribution in [3.8, 4) is 0 Å². The van der Waals surface area contributed by atoms with Crippen molar-refractivity contribution in [2.24, 2.45) is 5.92 Å². The van der Waals surface area contributed by atoms with Crippen LogP contribution in [0.4, 0.5) is 0 Å². The van der Waals surface area contributed by atoms with Crippen molar-refractivity contribution in [1.29, 1.82) is 0 Å². The van der Waals surface area contributed by atoms with Gasteiger partial charge in [0, 0.05) is 19.6 Å². The van der Waals surface area contributed by atoms with Crippen LogP contribution in [-0.2, 0) is 33.1 Å². The van der Waals surface area contributed by atoms with Crippen LogP contribution in [0, 0.1) is 5.92 Å². The Morgan fingerprint density at radius 3 is 2.19 bits per heavy atom. The van der Waals surface area contributed by atoms with Crippen LogP contribution >= 0.6 is 0 Å². The van der Waals surface area contributed by atoms with Gasteiger partial charge in [0.05, 0.1) is 22.6 Å². The Balaban J connectivity index is 1.60. The van der Waals surface area contributed by atoms with E-state index in [1.54, 1.807) is 12.1 Å². The highest BCUT2D eigenvalue weighted by atomic mass is 32.2. The van der Waals surface area contributed by atoms with Gasteiger partial charge in [-0.1, -0.05) is 45.0 Å². The summed E-state index contributed by atoms with van der Waals surface area (Å²) in [6.45, 7) is 7.45. The summed E-state index contributed by atoms with van der Waals surface area (Å²) in [5.41, 5.74) is 2.03. The number of sulfonamides is 2. The van der Waals surface area contributed by atoms with E-state index < -0.39 is 20.0 Å². The largest absolute Gasteiger partial charge is 0.468 e. The van der Waals surface area contributed by atoms with Gasteiger partial charge < -0.3 is 4.42 Å². The van der Waals surface area contributed by atoms with Crippen LogP contribution in [0.15, 0.2) is 81.1 Å². The molecule has 0 aliphatic carbocycles. The third-order valence-corrected chi connectivity index (χ3v) is 10.3.